The van der Waals surface area contributed by atoms with Crippen LogP contribution >= 0.6 is 0 Å². The molecular formula is C24H32N2O8. The van der Waals surface area contributed by atoms with Crippen molar-refractivity contribution in [1.29, 1.82) is 0 Å². The third-order valence-electron chi connectivity index (χ3n) is 4.51. The maximum atomic E-state index is 12.2. The minimum Gasteiger partial charge on any atom is -0.511 e. The van der Waals surface area contributed by atoms with Gasteiger partial charge in [0.1, 0.15) is 11.4 Å². The predicted octanol–water partition coefficient (Wildman–Crippen LogP) is 3.15. The summed E-state index contributed by atoms with van der Waals surface area (Å²) in [6.07, 6.45) is -0.278. The highest BCUT2D eigenvalue weighted by Crippen LogP contribution is 2.25. The number of aliphatic hydroxyl groups excluding tert-OH is 1. The van der Waals surface area contributed by atoms with E-state index in [1.165, 1.54) is 13.8 Å². The molecule has 0 saturated carbocycles. The molecule has 0 atom stereocenters. The highest BCUT2D eigenvalue weighted by Gasteiger charge is 2.41. The first-order valence-corrected chi connectivity index (χ1v) is 11.0. The summed E-state index contributed by atoms with van der Waals surface area (Å²) in [4.78, 5) is 47.8. The minimum atomic E-state index is -1.39. The minimum absolute atomic E-state index is 0.0563. The van der Waals surface area contributed by atoms with E-state index in [0.717, 1.165) is 11.1 Å². The van der Waals surface area contributed by atoms with Crippen LogP contribution in [0.5, 0.6) is 0 Å². The monoisotopic (exact) mass is 476 g/mol. The van der Waals surface area contributed by atoms with Gasteiger partial charge in [0.2, 0.25) is 5.91 Å². The van der Waals surface area contributed by atoms with Crippen molar-refractivity contribution in [3.05, 3.63) is 46.7 Å². The molecule has 0 spiro atoms. The van der Waals surface area contributed by atoms with Gasteiger partial charge in [0.15, 0.2) is 5.57 Å². The molecule has 10 heteroatoms. The van der Waals surface area contributed by atoms with Crippen LogP contribution in [0.25, 0.3) is 0 Å². The van der Waals surface area contributed by atoms with Gasteiger partial charge in [0, 0.05) is 39.8 Å². The highest BCUT2D eigenvalue weighted by atomic mass is 16.7. The number of nitrogens with one attached hydrogen (secondary N) is 2. The van der Waals surface area contributed by atoms with Gasteiger partial charge in [-0.3, -0.25) is 4.79 Å². The summed E-state index contributed by atoms with van der Waals surface area (Å²) in [5.41, 5.74) is 0.570. The number of hydrogen-bond donors (Lipinski definition) is 3. The first-order chi connectivity index (χ1) is 15.8. The molecule has 0 unspecified atom stereocenters. The summed E-state index contributed by atoms with van der Waals surface area (Å²) in [6, 6.07) is 7.37. The lowest BCUT2D eigenvalue weighted by atomic mass is 10.1. The number of amides is 2. The number of esters is 2. The second kappa shape index (κ2) is 11.0. The first kappa shape index (κ1) is 26.7. The Labute approximate surface area is 198 Å². The van der Waals surface area contributed by atoms with E-state index < -0.39 is 40.8 Å². The Morgan fingerprint density at radius 1 is 1.00 bits per heavy atom. The summed E-state index contributed by atoms with van der Waals surface area (Å²) >= 11 is 0. The van der Waals surface area contributed by atoms with Gasteiger partial charge in [-0.1, -0.05) is 24.3 Å². The van der Waals surface area contributed by atoms with Crippen LogP contribution in [0.2, 0.25) is 0 Å². The third-order valence-corrected chi connectivity index (χ3v) is 4.51. The van der Waals surface area contributed by atoms with Crippen molar-refractivity contribution in [3.63, 3.8) is 0 Å². The Hall–Kier alpha value is -3.56. The normalized spacial score (nSPS) is 15.1. The zero-order chi connectivity index (χ0) is 25.5. The topological polar surface area (TPSA) is 140 Å². The van der Waals surface area contributed by atoms with Gasteiger partial charge < -0.3 is 30.0 Å². The molecule has 0 aromatic heterocycles. The molecule has 3 N–H and O–H groups in total. The summed E-state index contributed by atoms with van der Waals surface area (Å²) < 4.78 is 15.1. The molecule has 2 rings (SSSR count). The number of benzene rings is 1. The fourth-order valence-corrected chi connectivity index (χ4v) is 3.06. The zero-order valence-corrected chi connectivity index (χ0v) is 20.1. The molecule has 2 amide bonds. The van der Waals surface area contributed by atoms with Crippen LogP contribution in [0, 0.1) is 0 Å². The summed E-state index contributed by atoms with van der Waals surface area (Å²) in [6.45, 7) is 8.74. The van der Waals surface area contributed by atoms with Crippen molar-refractivity contribution in [1.82, 2.24) is 10.6 Å². The molecule has 1 aliphatic heterocycles. The van der Waals surface area contributed by atoms with E-state index in [2.05, 4.69) is 10.6 Å². The number of carbonyl (C=O) groups excluding carboxylic acids is 4. The predicted molar refractivity (Wildman–Crippen MR) is 121 cm³/mol. The van der Waals surface area contributed by atoms with Gasteiger partial charge in [-0.25, -0.2) is 14.4 Å². The van der Waals surface area contributed by atoms with E-state index in [9.17, 15) is 24.3 Å². The maximum absolute atomic E-state index is 12.2. The first-order valence-electron chi connectivity index (χ1n) is 11.0. The Morgan fingerprint density at radius 2 is 1.56 bits per heavy atom. The average molecular weight is 477 g/mol. The number of cyclic esters (lactones) is 2. The molecule has 0 radical (unpaired) electrons. The van der Waals surface area contributed by atoms with E-state index in [4.69, 9.17) is 14.2 Å². The average Bonchev–Trinajstić information content (AvgIpc) is 2.68. The summed E-state index contributed by atoms with van der Waals surface area (Å²) in [7, 11) is 0. The van der Waals surface area contributed by atoms with Crippen molar-refractivity contribution >= 4 is 23.9 Å². The standard InChI is InChI=1S/C24H32N2O8/c1-23(2,3)34-22(31)26-14-16-9-6-8-15(12-16)13-25-18(28)11-7-10-17(27)19-20(29)32-24(4,5)33-21(19)30/h6,8-9,12,27H,7,10-11,13-14H2,1-5H3,(H,25,28)(H,26,31). The number of ether oxygens (including phenoxy) is 3. The fraction of sp³-hybridized carbons (Fsp3) is 0.500. The van der Waals surface area contributed by atoms with Crippen molar-refractivity contribution in [2.24, 2.45) is 0 Å². The Balaban J connectivity index is 1.78. The van der Waals surface area contributed by atoms with Gasteiger partial charge in [0.25, 0.3) is 5.79 Å². The lowest BCUT2D eigenvalue weighted by molar-refractivity contribution is -0.222. The summed E-state index contributed by atoms with van der Waals surface area (Å²) in [5.74, 6) is -4.03. The summed E-state index contributed by atoms with van der Waals surface area (Å²) in [5, 5.41) is 15.5. The molecule has 1 fully saturated rings. The van der Waals surface area contributed by atoms with Crippen LogP contribution in [0.3, 0.4) is 0 Å². The third kappa shape index (κ3) is 8.76. The smallest absolute Gasteiger partial charge is 0.407 e. The van der Waals surface area contributed by atoms with E-state index in [-0.39, 0.29) is 38.3 Å². The number of carbonyl (C=O) groups is 4. The Kier molecular flexibility index (Phi) is 8.67. The van der Waals surface area contributed by atoms with E-state index in [0.29, 0.717) is 0 Å². The Morgan fingerprint density at radius 3 is 2.12 bits per heavy atom. The van der Waals surface area contributed by atoms with E-state index in [1.807, 2.05) is 24.3 Å². The Bertz CT molecular complexity index is 953. The number of aliphatic hydroxyl groups is 1. The molecule has 1 aromatic carbocycles. The maximum Gasteiger partial charge on any atom is 0.407 e. The van der Waals surface area contributed by atoms with E-state index >= 15 is 0 Å². The van der Waals surface area contributed by atoms with Gasteiger partial charge in [-0.15, -0.1) is 0 Å². The number of hydrogen-bond acceptors (Lipinski definition) is 8. The molecule has 34 heavy (non-hydrogen) atoms. The number of rotatable bonds is 8. The zero-order valence-electron chi connectivity index (χ0n) is 20.1. The largest absolute Gasteiger partial charge is 0.511 e. The van der Waals surface area contributed by atoms with Gasteiger partial charge >= 0.3 is 18.0 Å². The SMILES string of the molecule is CC(C)(C)OC(=O)NCc1cccc(CNC(=O)CCCC(O)=C2C(=O)OC(C)(C)OC2=O)c1. The number of alkyl carbamates (subject to hydrolysis) is 1. The molecule has 0 bridgehead atoms. The van der Waals surface area contributed by atoms with Crippen molar-refractivity contribution in [3.8, 4) is 0 Å². The molecule has 186 valence electrons. The number of allylic oxidation sites excluding steroid dienone is 1. The molecule has 1 saturated heterocycles. The van der Waals surface area contributed by atoms with Gasteiger partial charge in [0.05, 0.1) is 0 Å². The molecular weight excluding hydrogens is 444 g/mol. The molecule has 1 heterocycles. The fourth-order valence-electron chi connectivity index (χ4n) is 3.06. The van der Waals surface area contributed by atoms with Crippen LogP contribution in [-0.2, 0) is 41.7 Å². The lowest BCUT2D eigenvalue weighted by Crippen LogP contribution is -2.42. The molecule has 10 nitrogen and oxygen atoms in total. The van der Waals surface area contributed by atoms with Crippen LogP contribution in [-0.4, -0.2) is 40.4 Å². The van der Waals surface area contributed by atoms with Crippen LogP contribution < -0.4 is 10.6 Å². The van der Waals surface area contributed by atoms with E-state index in [1.54, 1.807) is 20.8 Å². The van der Waals surface area contributed by atoms with Crippen LogP contribution in [0.4, 0.5) is 4.79 Å². The van der Waals surface area contributed by atoms with Crippen LogP contribution in [0.15, 0.2) is 35.6 Å². The van der Waals surface area contributed by atoms with Gasteiger partial charge in [-0.2, -0.15) is 0 Å². The van der Waals surface area contributed by atoms with Crippen molar-refractivity contribution < 1.29 is 38.5 Å². The second-order valence-electron chi connectivity index (χ2n) is 9.31. The molecule has 1 aliphatic rings. The quantitative estimate of drug-likeness (QED) is 0.225. The van der Waals surface area contributed by atoms with Gasteiger partial charge in [-0.05, 0) is 38.3 Å². The van der Waals surface area contributed by atoms with Crippen molar-refractivity contribution in [2.45, 2.75) is 78.4 Å². The van der Waals surface area contributed by atoms with Crippen LogP contribution in [0.1, 0.15) is 65.0 Å². The lowest BCUT2D eigenvalue weighted by Gasteiger charge is -2.30. The highest BCUT2D eigenvalue weighted by molar-refractivity contribution is 6.15. The molecule has 1 aromatic rings. The second-order valence-corrected chi connectivity index (χ2v) is 9.31. The van der Waals surface area contributed by atoms with Crippen molar-refractivity contribution in [2.75, 3.05) is 0 Å². The molecule has 0 aliphatic carbocycles.